The molecular weight excluding hydrogens is 312 g/mol. The van der Waals surface area contributed by atoms with E-state index in [9.17, 15) is 0 Å². The van der Waals surface area contributed by atoms with Gasteiger partial charge in [-0.3, -0.25) is 0 Å². The Labute approximate surface area is 120 Å². The zero-order valence-corrected chi connectivity index (χ0v) is 12.6. The normalized spacial score (nSPS) is 10.4. The van der Waals surface area contributed by atoms with Crippen LogP contribution >= 0.6 is 27.5 Å². The van der Waals surface area contributed by atoms with Crippen molar-refractivity contribution in [3.05, 3.63) is 51.0 Å². The van der Waals surface area contributed by atoms with Crippen molar-refractivity contribution >= 4 is 44.6 Å². The molecule has 0 fully saturated rings. The molecule has 4 heteroatoms. The highest BCUT2D eigenvalue weighted by Gasteiger charge is 2.06. The quantitative estimate of drug-likeness (QED) is 0.759. The molecule has 0 aromatic heterocycles. The highest BCUT2D eigenvalue weighted by atomic mass is 79.9. The van der Waals surface area contributed by atoms with E-state index in [0.29, 0.717) is 0 Å². The summed E-state index contributed by atoms with van der Waals surface area (Å²) in [4.78, 5) is 0. The fraction of sp³-hybridized carbons (Fsp3) is 0.143. The van der Waals surface area contributed by atoms with Crippen LogP contribution in [0, 0.1) is 13.8 Å². The molecule has 18 heavy (non-hydrogen) atoms. The van der Waals surface area contributed by atoms with Gasteiger partial charge in [0.2, 0.25) is 0 Å². The molecule has 2 rings (SSSR count). The molecule has 3 N–H and O–H groups in total. The van der Waals surface area contributed by atoms with Gasteiger partial charge in [-0.2, -0.15) is 0 Å². The van der Waals surface area contributed by atoms with E-state index in [0.717, 1.165) is 37.7 Å². The van der Waals surface area contributed by atoms with Crippen molar-refractivity contribution < 1.29 is 0 Å². The third kappa shape index (κ3) is 2.79. The van der Waals surface area contributed by atoms with E-state index >= 15 is 0 Å². The number of benzene rings is 2. The van der Waals surface area contributed by atoms with E-state index in [1.807, 2.05) is 44.2 Å². The van der Waals surface area contributed by atoms with Crippen molar-refractivity contribution in [3.8, 4) is 0 Å². The van der Waals surface area contributed by atoms with Gasteiger partial charge >= 0.3 is 0 Å². The van der Waals surface area contributed by atoms with Gasteiger partial charge in [0.15, 0.2) is 0 Å². The van der Waals surface area contributed by atoms with Gasteiger partial charge in [-0.1, -0.05) is 17.7 Å². The van der Waals surface area contributed by atoms with E-state index in [-0.39, 0.29) is 0 Å². The molecule has 0 aliphatic carbocycles. The molecule has 2 aromatic rings. The Morgan fingerprint density at radius 1 is 1.06 bits per heavy atom. The van der Waals surface area contributed by atoms with Crippen LogP contribution in [0.5, 0.6) is 0 Å². The Morgan fingerprint density at radius 3 is 2.50 bits per heavy atom. The maximum Gasteiger partial charge on any atom is 0.0543 e. The lowest BCUT2D eigenvalue weighted by Gasteiger charge is -2.13. The Kier molecular flexibility index (Phi) is 3.83. The van der Waals surface area contributed by atoms with Crippen LogP contribution in [0.2, 0.25) is 5.02 Å². The van der Waals surface area contributed by atoms with Crippen LogP contribution in [-0.4, -0.2) is 0 Å². The van der Waals surface area contributed by atoms with E-state index in [1.54, 1.807) is 0 Å². The minimum Gasteiger partial charge on any atom is -0.399 e. The first-order chi connectivity index (χ1) is 8.47. The predicted octanol–water partition coefficient (Wildman–Crippen LogP) is 5.05. The van der Waals surface area contributed by atoms with Gasteiger partial charge in [0, 0.05) is 20.9 Å². The molecule has 2 nitrogen and oxygen atoms in total. The summed E-state index contributed by atoms with van der Waals surface area (Å²) in [6.45, 7) is 4.01. The van der Waals surface area contributed by atoms with Crippen molar-refractivity contribution in [2.45, 2.75) is 13.8 Å². The maximum absolute atomic E-state index is 6.14. The Morgan fingerprint density at radius 2 is 1.78 bits per heavy atom. The second-order valence-electron chi connectivity index (χ2n) is 4.28. The molecule has 0 aliphatic heterocycles. The number of nitrogens with one attached hydrogen (secondary N) is 1. The number of aryl methyl sites for hydroxylation is 2. The SMILES string of the molecule is Cc1cc(Br)c(Nc2cc(N)ccc2C)cc1Cl. The molecule has 0 atom stereocenters. The molecule has 0 unspecified atom stereocenters. The molecule has 0 heterocycles. The Hall–Kier alpha value is -1.19. The second kappa shape index (κ2) is 5.21. The first kappa shape index (κ1) is 13.2. The molecule has 0 radical (unpaired) electrons. The summed E-state index contributed by atoms with van der Waals surface area (Å²) in [6, 6.07) is 9.69. The molecule has 0 bridgehead atoms. The minimum absolute atomic E-state index is 0.734. The molecule has 0 saturated carbocycles. The van der Waals surface area contributed by atoms with Crippen molar-refractivity contribution in [1.82, 2.24) is 0 Å². The maximum atomic E-state index is 6.14. The smallest absolute Gasteiger partial charge is 0.0543 e. The summed E-state index contributed by atoms with van der Waals surface area (Å²) < 4.78 is 0.978. The summed E-state index contributed by atoms with van der Waals surface area (Å²) in [5, 5.41) is 4.08. The van der Waals surface area contributed by atoms with Crippen molar-refractivity contribution in [1.29, 1.82) is 0 Å². The van der Waals surface area contributed by atoms with Crippen molar-refractivity contribution in [3.63, 3.8) is 0 Å². The average Bonchev–Trinajstić information content (AvgIpc) is 2.30. The van der Waals surface area contributed by atoms with Crippen molar-refractivity contribution in [2.75, 3.05) is 11.1 Å². The number of rotatable bonds is 2. The van der Waals surface area contributed by atoms with Gasteiger partial charge in [-0.15, -0.1) is 0 Å². The molecule has 0 spiro atoms. The largest absolute Gasteiger partial charge is 0.399 e. The zero-order valence-electron chi connectivity index (χ0n) is 10.2. The van der Waals surface area contributed by atoms with E-state index in [4.69, 9.17) is 17.3 Å². The van der Waals surface area contributed by atoms with Gasteiger partial charge in [0.1, 0.15) is 0 Å². The number of halogens is 2. The van der Waals surface area contributed by atoms with Crippen LogP contribution in [0.3, 0.4) is 0 Å². The highest BCUT2D eigenvalue weighted by Crippen LogP contribution is 2.32. The molecular formula is C14H14BrClN2. The van der Waals surface area contributed by atoms with Crippen molar-refractivity contribution in [2.24, 2.45) is 0 Å². The van der Waals surface area contributed by atoms with Crippen LogP contribution in [0.25, 0.3) is 0 Å². The molecule has 94 valence electrons. The summed E-state index contributed by atoms with van der Waals surface area (Å²) in [7, 11) is 0. The Bertz CT molecular complexity index is 597. The summed E-state index contributed by atoms with van der Waals surface area (Å²) in [5.74, 6) is 0. The van der Waals surface area contributed by atoms with Gasteiger partial charge < -0.3 is 11.1 Å². The van der Waals surface area contributed by atoms with Crippen LogP contribution in [-0.2, 0) is 0 Å². The monoisotopic (exact) mass is 324 g/mol. The minimum atomic E-state index is 0.734. The van der Waals surface area contributed by atoms with Gasteiger partial charge in [-0.25, -0.2) is 0 Å². The molecule has 0 amide bonds. The van der Waals surface area contributed by atoms with Gasteiger partial charge in [0.05, 0.1) is 5.69 Å². The topological polar surface area (TPSA) is 38.0 Å². The van der Waals surface area contributed by atoms with Crippen LogP contribution in [0.15, 0.2) is 34.8 Å². The number of anilines is 3. The lowest BCUT2D eigenvalue weighted by atomic mass is 10.1. The standard InChI is InChI=1S/C14H14BrClN2/c1-8-3-4-10(17)6-13(8)18-14-7-12(16)9(2)5-11(14)15/h3-7,18H,17H2,1-2H3. The fourth-order valence-corrected chi connectivity index (χ4v) is 2.38. The number of hydrogen-bond donors (Lipinski definition) is 2. The summed E-state index contributed by atoms with van der Waals surface area (Å²) in [6.07, 6.45) is 0. The average molecular weight is 326 g/mol. The predicted molar refractivity (Wildman–Crippen MR) is 82.8 cm³/mol. The first-order valence-electron chi connectivity index (χ1n) is 5.56. The zero-order chi connectivity index (χ0) is 13.3. The molecule has 0 saturated heterocycles. The number of nitrogen functional groups attached to an aromatic ring is 1. The second-order valence-corrected chi connectivity index (χ2v) is 5.54. The van der Waals surface area contributed by atoms with Gasteiger partial charge in [-0.05, 0) is 65.2 Å². The van der Waals surface area contributed by atoms with Crippen LogP contribution in [0.1, 0.15) is 11.1 Å². The summed E-state index contributed by atoms with van der Waals surface area (Å²) >= 11 is 9.67. The van der Waals surface area contributed by atoms with Crippen LogP contribution < -0.4 is 11.1 Å². The Balaban J connectivity index is 2.40. The fourth-order valence-electron chi connectivity index (χ4n) is 1.66. The highest BCUT2D eigenvalue weighted by molar-refractivity contribution is 9.10. The third-order valence-electron chi connectivity index (χ3n) is 2.78. The molecule has 2 aromatic carbocycles. The first-order valence-corrected chi connectivity index (χ1v) is 6.73. The van der Waals surface area contributed by atoms with Crippen LogP contribution in [0.4, 0.5) is 17.1 Å². The van der Waals surface area contributed by atoms with E-state index in [1.165, 1.54) is 0 Å². The van der Waals surface area contributed by atoms with E-state index < -0.39 is 0 Å². The summed E-state index contributed by atoms with van der Waals surface area (Å²) in [5.41, 5.74) is 10.6. The third-order valence-corrected chi connectivity index (χ3v) is 3.84. The lowest BCUT2D eigenvalue weighted by Crippen LogP contribution is -1.96. The number of nitrogens with two attached hydrogens (primary N) is 1. The van der Waals surface area contributed by atoms with Gasteiger partial charge in [0.25, 0.3) is 0 Å². The lowest BCUT2D eigenvalue weighted by molar-refractivity contribution is 1.40. The van der Waals surface area contributed by atoms with E-state index in [2.05, 4.69) is 21.2 Å². The number of hydrogen-bond acceptors (Lipinski definition) is 2. The molecule has 0 aliphatic rings.